The first-order valence-corrected chi connectivity index (χ1v) is 14.0. The fourth-order valence-corrected chi connectivity index (χ4v) is 6.05. The van der Waals surface area contributed by atoms with Gasteiger partial charge in [0.1, 0.15) is 29.6 Å². The quantitative estimate of drug-likeness (QED) is 0.137. The molecule has 198 valence electrons. The maximum Gasteiger partial charge on any atom is 0.285 e. The van der Waals surface area contributed by atoms with Crippen molar-refractivity contribution in [3.63, 3.8) is 0 Å². The van der Waals surface area contributed by atoms with Crippen LogP contribution in [0.25, 0.3) is 6.08 Å². The highest BCUT2D eigenvalue weighted by molar-refractivity contribution is 8.26. The number of nitrogens with one attached hydrogen (secondary N) is 1. The standard InChI is InChI=1S/C25H18N4O7S3/c30-24-21(38-25(37)28(24)26-23-19-6-2-4-8-22(19)39(33,34)27-23)15-16-5-1-3-7-20(16)36-14-13-35-18-11-9-17(10-12-18)29(31)32/h1-12,15H,13-14H2,(H,26,27). The van der Waals surface area contributed by atoms with Crippen LogP contribution in [0.5, 0.6) is 11.5 Å². The summed E-state index contributed by atoms with van der Waals surface area (Å²) >= 11 is 6.42. The Kier molecular flexibility index (Phi) is 7.32. The van der Waals surface area contributed by atoms with Crippen LogP contribution < -0.4 is 14.9 Å². The Balaban J connectivity index is 1.25. The second-order valence-corrected chi connectivity index (χ2v) is 11.3. The van der Waals surface area contributed by atoms with Crippen molar-refractivity contribution < 1.29 is 27.6 Å². The third-order valence-corrected chi connectivity index (χ3v) is 8.14. The van der Waals surface area contributed by atoms with Crippen LogP contribution in [0.2, 0.25) is 0 Å². The third-order valence-electron chi connectivity index (χ3n) is 5.51. The number of ether oxygens (including phenoxy) is 2. The lowest BCUT2D eigenvalue weighted by Crippen LogP contribution is -2.44. The van der Waals surface area contributed by atoms with Crippen LogP contribution in [-0.4, -0.2) is 47.6 Å². The van der Waals surface area contributed by atoms with Gasteiger partial charge in [0.2, 0.25) is 0 Å². The molecule has 2 aliphatic heterocycles. The summed E-state index contributed by atoms with van der Waals surface area (Å²) in [6.45, 7) is 0.364. The maximum atomic E-state index is 13.2. The van der Waals surface area contributed by atoms with E-state index < -0.39 is 20.9 Å². The van der Waals surface area contributed by atoms with Gasteiger partial charge in [-0.2, -0.15) is 13.4 Å². The number of para-hydroxylation sites is 1. The smallest absolute Gasteiger partial charge is 0.285 e. The number of amides is 1. The molecule has 2 aliphatic rings. The number of hydrogen-bond acceptors (Lipinski definition) is 10. The first-order chi connectivity index (χ1) is 18.7. The van der Waals surface area contributed by atoms with Crippen molar-refractivity contribution in [2.75, 3.05) is 13.2 Å². The number of hydrazine groups is 1. The van der Waals surface area contributed by atoms with E-state index in [0.717, 1.165) is 16.8 Å². The number of thioether (sulfide) groups is 1. The number of hydrogen-bond donors (Lipinski definition) is 1. The van der Waals surface area contributed by atoms with E-state index in [0.29, 0.717) is 27.5 Å². The molecule has 1 N–H and O–H groups in total. The molecule has 3 aromatic carbocycles. The highest BCUT2D eigenvalue weighted by Gasteiger charge is 2.36. The van der Waals surface area contributed by atoms with Crippen LogP contribution in [0.4, 0.5) is 5.69 Å². The number of sulfonamides is 1. The van der Waals surface area contributed by atoms with Crippen molar-refractivity contribution in [2.24, 2.45) is 4.40 Å². The lowest BCUT2D eigenvalue weighted by atomic mass is 10.2. The second-order valence-electron chi connectivity index (χ2n) is 8.03. The summed E-state index contributed by atoms with van der Waals surface area (Å²) < 4.78 is 40.0. The SMILES string of the molecule is O=C1C(=Cc2ccccc2OCCOc2ccc([N+](=O)[O-])cc2)SC(=S)N1NC1=NS(=O)(=O)c2ccccc21. The number of thiocarbonyl (C=S) groups is 1. The van der Waals surface area contributed by atoms with Crippen molar-refractivity contribution in [3.05, 3.63) is 98.9 Å². The largest absolute Gasteiger partial charge is 0.490 e. The van der Waals surface area contributed by atoms with Crippen molar-refractivity contribution in [2.45, 2.75) is 4.90 Å². The van der Waals surface area contributed by atoms with E-state index in [1.165, 1.54) is 30.3 Å². The molecule has 0 bridgehead atoms. The topological polar surface area (TPSA) is 140 Å². The average Bonchev–Trinajstić information content (AvgIpc) is 3.34. The van der Waals surface area contributed by atoms with E-state index in [2.05, 4.69) is 9.82 Å². The van der Waals surface area contributed by atoms with Gasteiger partial charge in [-0.25, -0.2) is 0 Å². The van der Waals surface area contributed by atoms with Gasteiger partial charge in [-0.3, -0.25) is 20.3 Å². The number of fused-ring (bicyclic) bond motifs is 1. The number of benzene rings is 3. The van der Waals surface area contributed by atoms with Gasteiger partial charge in [-0.05, 0) is 48.6 Å². The summed E-state index contributed by atoms with van der Waals surface area (Å²) in [5, 5.41) is 11.9. The Morgan fingerprint density at radius 3 is 2.49 bits per heavy atom. The summed E-state index contributed by atoms with van der Waals surface area (Å²) in [7, 11) is -3.86. The monoisotopic (exact) mass is 582 g/mol. The van der Waals surface area contributed by atoms with Gasteiger partial charge in [0.15, 0.2) is 10.2 Å². The fourth-order valence-electron chi connectivity index (χ4n) is 3.70. The first-order valence-electron chi connectivity index (χ1n) is 11.3. The number of nitro groups is 1. The number of nitrogens with zero attached hydrogens (tertiary/aromatic N) is 3. The summed E-state index contributed by atoms with van der Waals surface area (Å²) in [4.78, 5) is 23.8. The van der Waals surface area contributed by atoms with Crippen LogP contribution in [0.3, 0.4) is 0 Å². The lowest BCUT2D eigenvalue weighted by Gasteiger charge is -2.16. The molecule has 1 amide bonds. The van der Waals surface area contributed by atoms with Crippen LogP contribution in [0.1, 0.15) is 11.1 Å². The molecule has 1 fully saturated rings. The minimum Gasteiger partial charge on any atom is -0.490 e. The molecular formula is C25H18N4O7S3. The van der Waals surface area contributed by atoms with Crippen molar-refractivity contribution in [1.29, 1.82) is 0 Å². The van der Waals surface area contributed by atoms with E-state index in [9.17, 15) is 23.3 Å². The van der Waals surface area contributed by atoms with Crippen LogP contribution in [0, 0.1) is 10.1 Å². The second kappa shape index (κ2) is 10.8. The summed E-state index contributed by atoms with van der Waals surface area (Å²) in [5.74, 6) is 0.518. The highest BCUT2D eigenvalue weighted by atomic mass is 32.2. The first kappa shape index (κ1) is 26.3. The van der Waals surface area contributed by atoms with Gasteiger partial charge in [-0.15, -0.1) is 4.40 Å². The molecule has 0 spiro atoms. The van der Waals surface area contributed by atoms with Crippen molar-refractivity contribution in [3.8, 4) is 11.5 Å². The normalized spacial score (nSPS) is 16.7. The maximum absolute atomic E-state index is 13.2. The number of carbonyl (C=O) groups is 1. The van der Waals surface area contributed by atoms with Crippen LogP contribution >= 0.6 is 24.0 Å². The van der Waals surface area contributed by atoms with E-state index in [1.54, 1.807) is 48.5 Å². The Morgan fingerprint density at radius 1 is 1.03 bits per heavy atom. The van der Waals surface area contributed by atoms with Gasteiger partial charge in [-0.1, -0.05) is 42.1 Å². The predicted octanol–water partition coefficient (Wildman–Crippen LogP) is 3.91. The Hall–Kier alpha value is -4.27. The molecule has 0 unspecified atom stereocenters. The molecule has 14 heteroatoms. The minimum atomic E-state index is -3.86. The average molecular weight is 583 g/mol. The van der Waals surface area contributed by atoms with E-state index >= 15 is 0 Å². The molecule has 2 heterocycles. The van der Waals surface area contributed by atoms with Gasteiger partial charge in [0.25, 0.3) is 21.6 Å². The number of rotatable bonds is 8. The van der Waals surface area contributed by atoms with Crippen LogP contribution in [-0.2, 0) is 14.8 Å². The number of non-ortho nitro benzene ring substituents is 1. The third kappa shape index (κ3) is 5.62. The number of amidine groups is 1. The van der Waals surface area contributed by atoms with Gasteiger partial charge in [0, 0.05) is 23.3 Å². The minimum absolute atomic E-state index is 0.0138. The molecular weight excluding hydrogens is 564 g/mol. The lowest BCUT2D eigenvalue weighted by molar-refractivity contribution is -0.384. The molecule has 1 saturated heterocycles. The van der Waals surface area contributed by atoms with Gasteiger partial charge >= 0.3 is 0 Å². The van der Waals surface area contributed by atoms with Gasteiger partial charge in [0.05, 0.1) is 9.83 Å². The van der Waals surface area contributed by atoms with E-state index in [1.807, 2.05) is 0 Å². The molecule has 0 radical (unpaired) electrons. The molecule has 0 atom stereocenters. The molecule has 0 aromatic heterocycles. The Bertz CT molecular complexity index is 1650. The van der Waals surface area contributed by atoms with E-state index in [4.69, 9.17) is 21.7 Å². The van der Waals surface area contributed by atoms with E-state index in [-0.39, 0.29) is 34.0 Å². The predicted molar refractivity (Wildman–Crippen MR) is 149 cm³/mol. The zero-order valence-electron chi connectivity index (χ0n) is 19.8. The zero-order chi connectivity index (χ0) is 27.6. The Labute approximate surface area is 232 Å². The summed E-state index contributed by atoms with van der Waals surface area (Å²) in [5.41, 5.74) is 3.70. The molecule has 39 heavy (non-hydrogen) atoms. The van der Waals surface area contributed by atoms with Crippen molar-refractivity contribution >= 4 is 61.8 Å². The molecule has 5 rings (SSSR count). The zero-order valence-corrected chi connectivity index (χ0v) is 22.3. The number of nitro benzene ring substituents is 1. The summed E-state index contributed by atoms with van der Waals surface area (Å²) in [6, 6.07) is 19.1. The molecule has 0 saturated carbocycles. The molecule has 0 aliphatic carbocycles. The van der Waals surface area contributed by atoms with Crippen molar-refractivity contribution in [1.82, 2.24) is 10.4 Å². The molecule has 11 nitrogen and oxygen atoms in total. The molecule has 3 aromatic rings. The Morgan fingerprint density at radius 2 is 1.72 bits per heavy atom. The number of carbonyl (C=O) groups excluding carboxylic acids is 1. The fraction of sp³-hybridized carbons (Fsp3) is 0.0800. The highest BCUT2D eigenvalue weighted by Crippen LogP contribution is 2.34. The van der Waals surface area contributed by atoms with Gasteiger partial charge < -0.3 is 9.47 Å². The van der Waals surface area contributed by atoms with Crippen LogP contribution in [0.15, 0.2) is 87.0 Å². The summed E-state index contributed by atoms with van der Waals surface area (Å²) in [6.07, 6.45) is 1.63.